The van der Waals surface area contributed by atoms with Crippen LogP contribution in [0.2, 0.25) is 0 Å². The Bertz CT molecular complexity index is 1330. The zero-order chi connectivity index (χ0) is 35.4. The van der Waals surface area contributed by atoms with Crippen molar-refractivity contribution in [2.45, 2.75) is 102 Å². The highest BCUT2D eigenvalue weighted by Crippen LogP contribution is 2.52. The number of thioether (sulfide) groups is 1. The molecule has 1 fully saturated rings. The number of amides is 2. The minimum absolute atomic E-state index is 0.0112. The van der Waals surface area contributed by atoms with Crippen LogP contribution >= 0.6 is 11.8 Å². The number of nitrogens with one attached hydrogen (secondary N) is 2. The van der Waals surface area contributed by atoms with Crippen LogP contribution in [0.25, 0.3) is 0 Å². The predicted octanol–water partition coefficient (Wildman–Crippen LogP) is 8.03. The number of hydrogen-bond acceptors (Lipinski definition) is 6. The average Bonchev–Trinajstić information content (AvgIpc) is 3.50. The van der Waals surface area contributed by atoms with Crippen molar-refractivity contribution in [2.24, 2.45) is 5.92 Å². The number of nitrogens with zero attached hydrogens (tertiary/aromatic N) is 1. The molecule has 49 heavy (non-hydrogen) atoms. The second kappa shape index (κ2) is 18.1. The molecule has 2 amide bonds. The maximum absolute atomic E-state index is 13.8. The Balaban J connectivity index is 1.62. The zero-order valence-corrected chi connectivity index (χ0v) is 31.3. The summed E-state index contributed by atoms with van der Waals surface area (Å²) in [5.41, 5.74) is 2.95. The largest absolute Gasteiger partial charge is 0.444 e. The number of rotatable bonds is 16. The van der Waals surface area contributed by atoms with Crippen molar-refractivity contribution in [3.8, 4) is 0 Å². The van der Waals surface area contributed by atoms with E-state index in [1.807, 2.05) is 51.3 Å². The molecular weight excluding hydrogens is 631 g/mol. The number of hydrogen-bond donors (Lipinski definition) is 2. The van der Waals surface area contributed by atoms with Crippen molar-refractivity contribution in [1.29, 1.82) is 0 Å². The molecule has 0 bridgehead atoms. The van der Waals surface area contributed by atoms with E-state index in [2.05, 4.69) is 115 Å². The smallest absolute Gasteiger partial charge is 0.410 e. The molecule has 3 aromatic carbocycles. The van der Waals surface area contributed by atoms with E-state index in [4.69, 9.17) is 9.47 Å². The van der Waals surface area contributed by atoms with E-state index >= 15 is 0 Å². The molecule has 1 aliphatic heterocycles. The third-order valence-corrected chi connectivity index (χ3v) is 10.8. The Morgan fingerprint density at radius 2 is 1.41 bits per heavy atom. The molecular formula is C41H57N3O4S. The van der Waals surface area contributed by atoms with Gasteiger partial charge in [-0.05, 0) is 70.1 Å². The number of likely N-dealkylation sites (tertiary alicyclic amines) is 1. The second-order valence-corrected chi connectivity index (χ2v) is 15.9. The lowest BCUT2D eigenvalue weighted by molar-refractivity contribution is -0.124. The van der Waals surface area contributed by atoms with Gasteiger partial charge in [0, 0.05) is 37.5 Å². The number of carbonyl (C=O) groups is 2. The van der Waals surface area contributed by atoms with E-state index in [-0.39, 0.29) is 41.4 Å². The minimum atomic E-state index is -0.624. The van der Waals surface area contributed by atoms with Crippen LogP contribution in [0.1, 0.15) is 84.4 Å². The summed E-state index contributed by atoms with van der Waals surface area (Å²) in [5, 5.41) is 6.81. The van der Waals surface area contributed by atoms with Gasteiger partial charge < -0.3 is 25.0 Å². The predicted molar refractivity (Wildman–Crippen MR) is 202 cm³/mol. The van der Waals surface area contributed by atoms with Crippen LogP contribution in [0, 0.1) is 5.92 Å². The third kappa shape index (κ3) is 10.6. The Kier molecular flexibility index (Phi) is 14.2. The Hall–Kier alpha value is -3.33. The first-order valence-corrected chi connectivity index (χ1v) is 18.8. The number of ether oxygens (including phenoxy) is 2. The van der Waals surface area contributed by atoms with E-state index in [1.165, 1.54) is 16.7 Å². The van der Waals surface area contributed by atoms with Crippen LogP contribution in [0.15, 0.2) is 91.0 Å². The fraction of sp³-hybridized carbons (Fsp3) is 0.512. The molecule has 3 unspecified atom stereocenters. The Labute approximate surface area is 298 Å². The second-order valence-electron chi connectivity index (χ2n) is 14.4. The van der Waals surface area contributed by atoms with Gasteiger partial charge in [-0.1, -0.05) is 111 Å². The topological polar surface area (TPSA) is 79.9 Å². The molecule has 0 aliphatic carbocycles. The molecule has 1 heterocycles. The lowest BCUT2D eigenvalue weighted by Gasteiger charge is -2.37. The van der Waals surface area contributed by atoms with Crippen LogP contribution in [0.3, 0.4) is 0 Å². The summed E-state index contributed by atoms with van der Waals surface area (Å²) in [4.78, 5) is 29.1. The first-order valence-electron chi connectivity index (χ1n) is 17.9. The molecule has 8 heteroatoms. The van der Waals surface area contributed by atoms with Crippen LogP contribution < -0.4 is 10.6 Å². The van der Waals surface area contributed by atoms with Gasteiger partial charge in [0.15, 0.2) is 0 Å². The highest BCUT2D eigenvalue weighted by Gasteiger charge is 2.45. The fourth-order valence-electron chi connectivity index (χ4n) is 6.43. The van der Waals surface area contributed by atoms with Crippen molar-refractivity contribution >= 4 is 23.8 Å². The summed E-state index contributed by atoms with van der Waals surface area (Å²) in [5.74, 6) is 0.109. The van der Waals surface area contributed by atoms with Crippen LogP contribution in [-0.4, -0.2) is 72.2 Å². The minimum Gasteiger partial charge on any atom is -0.444 e. The highest BCUT2D eigenvalue weighted by atomic mass is 32.2. The van der Waals surface area contributed by atoms with Crippen molar-refractivity contribution in [2.75, 3.05) is 26.2 Å². The molecule has 3 aromatic rings. The first kappa shape index (κ1) is 38.5. The normalized spacial score (nSPS) is 17.9. The molecule has 0 aromatic heterocycles. The molecule has 0 spiro atoms. The van der Waals surface area contributed by atoms with Crippen molar-refractivity contribution in [3.63, 3.8) is 0 Å². The van der Waals surface area contributed by atoms with E-state index in [0.29, 0.717) is 26.2 Å². The lowest BCUT2D eigenvalue weighted by Crippen LogP contribution is -2.52. The molecule has 2 N–H and O–H groups in total. The number of benzene rings is 3. The first-order chi connectivity index (χ1) is 23.4. The summed E-state index contributed by atoms with van der Waals surface area (Å²) in [6.45, 7) is 16.2. The van der Waals surface area contributed by atoms with Crippen molar-refractivity contribution in [3.05, 3.63) is 108 Å². The van der Waals surface area contributed by atoms with E-state index in [9.17, 15) is 9.59 Å². The Morgan fingerprint density at radius 1 is 0.878 bits per heavy atom. The van der Waals surface area contributed by atoms with Gasteiger partial charge in [-0.3, -0.25) is 4.79 Å². The van der Waals surface area contributed by atoms with Gasteiger partial charge in [0.25, 0.3) is 0 Å². The summed E-state index contributed by atoms with van der Waals surface area (Å²) in [7, 11) is 0. The van der Waals surface area contributed by atoms with Crippen LogP contribution in [0.4, 0.5) is 4.79 Å². The molecule has 1 saturated heterocycles. The van der Waals surface area contributed by atoms with Crippen LogP contribution in [0.5, 0.6) is 0 Å². The van der Waals surface area contributed by atoms with Gasteiger partial charge in [-0.2, -0.15) is 0 Å². The average molecular weight is 688 g/mol. The summed E-state index contributed by atoms with van der Waals surface area (Å²) < 4.78 is 11.1. The Morgan fingerprint density at radius 3 is 1.88 bits per heavy atom. The van der Waals surface area contributed by atoms with Gasteiger partial charge in [0.1, 0.15) is 5.60 Å². The highest BCUT2D eigenvalue weighted by molar-refractivity contribution is 8.01. The van der Waals surface area contributed by atoms with Crippen molar-refractivity contribution < 1.29 is 19.1 Å². The third-order valence-electron chi connectivity index (χ3n) is 9.03. The van der Waals surface area contributed by atoms with Gasteiger partial charge in [0.05, 0.1) is 16.9 Å². The van der Waals surface area contributed by atoms with Gasteiger partial charge in [-0.25, -0.2) is 4.79 Å². The van der Waals surface area contributed by atoms with E-state index < -0.39 is 10.3 Å². The molecule has 1 aliphatic rings. The summed E-state index contributed by atoms with van der Waals surface area (Å²) in [6.07, 6.45) is 2.23. The fourth-order valence-corrected chi connectivity index (χ4v) is 8.30. The van der Waals surface area contributed by atoms with Gasteiger partial charge in [-0.15, -0.1) is 11.8 Å². The van der Waals surface area contributed by atoms with E-state index in [0.717, 1.165) is 19.3 Å². The molecule has 0 radical (unpaired) electrons. The van der Waals surface area contributed by atoms with Crippen molar-refractivity contribution in [1.82, 2.24) is 15.5 Å². The van der Waals surface area contributed by atoms with Gasteiger partial charge in [0.2, 0.25) is 5.91 Å². The molecule has 266 valence electrons. The lowest BCUT2D eigenvalue weighted by atomic mass is 9.84. The quantitative estimate of drug-likeness (QED) is 0.117. The van der Waals surface area contributed by atoms with E-state index in [1.54, 1.807) is 0 Å². The molecule has 4 rings (SSSR count). The standard InChI is InChI=1S/C41H57N3O4S/c1-8-31(4)37(38(45)42-25-18-26-47-30(2)3)43-28-35-27-36(29-44(35)39(46)48-40(5,6)7)49-41(32-19-12-9-13-20-32,33-21-14-10-15-22-33)34-23-16-11-17-24-34/h9-17,19-24,30-31,35-37,43H,8,18,25-29H2,1-7H3,(H,42,45)/t31?,35?,36?,37-/m0/s1. The van der Waals surface area contributed by atoms with Crippen LogP contribution in [-0.2, 0) is 19.0 Å². The number of carbonyl (C=O) groups excluding carboxylic acids is 2. The molecule has 4 atom stereocenters. The van der Waals surface area contributed by atoms with Gasteiger partial charge >= 0.3 is 6.09 Å². The summed E-state index contributed by atoms with van der Waals surface area (Å²) in [6, 6.07) is 31.5. The molecule has 0 saturated carbocycles. The SMILES string of the molecule is CCC(C)[C@H](NCC1CC(SC(c2ccccc2)(c2ccccc2)c2ccccc2)CN1C(=O)OC(C)(C)C)C(=O)NCCCOC(C)C. The maximum atomic E-state index is 13.8. The monoisotopic (exact) mass is 687 g/mol. The summed E-state index contributed by atoms with van der Waals surface area (Å²) >= 11 is 1.90. The zero-order valence-electron chi connectivity index (χ0n) is 30.5. The maximum Gasteiger partial charge on any atom is 0.410 e. The molecule has 7 nitrogen and oxygen atoms in total.